The molecule has 0 aliphatic heterocycles. The van der Waals surface area contributed by atoms with Crippen LogP contribution in [0.15, 0.2) is 54.6 Å². The van der Waals surface area contributed by atoms with Crippen LogP contribution in [0.1, 0.15) is 37.9 Å². The Bertz CT molecular complexity index is 838. The van der Waals surface area contributed by atoms with Gasteiger partial charge in [-0.05, 0) is 59.7 Å². The Morgan fingerprint density at radius 3 is 2.38 bits per heavy atom. The maximum absolute atomic E-state index is 5.26. The van der Waals surface area contributed by atoms with Gasteiger partial charge in [0.25, 0.3) is 0 Å². The molecule has 3 aromatic rings. The fourth-order valence-electron chi connectivity index (χ4n) is 3.74. The minimum atomic E-state index is -0.261. The zero-order valence-corrected chi connectivity index (χ0v) is 14.9. The van der Waals surface area contributed by atoms with Gasteiger partial charge in [0.05, 0.1) is 18.3 Å². The zero-order valence-electron chi connectivity index (χ0n) is 14.9. The number of nitrogens with zero attached hydrogens (tertiary/aromatic N) is 4. The molecule has 1 fully saturated rings. The number of para-hydroxylation sites is 1. The normalized spacial score (nSPS) is 16.2. The number of aromatic nitrogens is 4. The summed E-state index contributed by atoms with van der Waals surface area (Å²) in [7, 11) is 1.66. The summed E-state index contributed by atoms with van der Waals surface area (Å²) in [4.78, 5) is 0. The van der Waals surface area contributed by atoms with Crippen molar-refractivity contribution in [3.8, 4) is 11.4 Å². The lowest BCUT2D eigenvalue weighted by Gasteiger charge is -2.37. The average Bonchev–Trinajstić information content (AvgIpc) is 3.20. The van der Waals surface area contributed by atoms with Gasteiger partial charge in [-0.25, -0.2) is 0 Å². The summed E-state index contributed by atoms with van der Waals surface area (Å²) in [5, 5.41) is 16.4. The van der Waals surface area contributed by atoms with Crippen molar-refractivity contribution in [3.05, 3.63) is 60.4 Å². The van der Waals surface area contributed by atoms with Gasteiger partial charge in [0.1, 0.15) is 5.75 Å². The van der Waals surface area contributed by atoms with Crippen LogP contribution in [0.3, 0.4) is 0 Å². The van der Waals surface area contributed by atoms with Gasteiger partial charge in [-0.1, -0.05) is 37.5 Å². The number of rotatable bonds is 5. The van der Waals surface area contributed by atoms with Gasteiger partial charge < -0.3 is 10.1 Å². The fraction of sp³-hybridized carbons (Fsp3) is 0.350. The third-order valence-electron chi connectivity index (χ3n) is 5.08. The lowest BCUT2D eigenvalue weighted by molar-refractivity contribution is 0.309. The quantitative estimate of drug-likeness (QED) is 0.756. The summed E-state index contributed by atoms with van der Waals surface area (Å²) < 4.78 is 7.11. The van der Waals surface area contributed by atoms with E-state index in [1.165, 1.54) is 6.42 Å². The topological polar surface area (TPSA) is 64.9 Å². The molecule has 1 aliphatic carbocycles. The van der Waals surface area contributed by atoms with Gasteiger partial charge in [0.2, 0.25) is 0 Å². The van der Waals surface area contributed by atoms with Crippen LogP contribution in [0, 0.1) is 0 Å². The van der Waals surface area contributed by atoms with Gasteiger partial charge in [0, 0.05) is 5.69 Å². The maximum atomic E-state index is 5.26. The number of hydrogen-bond acceptors (Lipinski definition) is 5. The Hall–Kier alpha value is -2.89. The number of tetrazole rings is 1. The Labute approximate surface area is 153 Å². The Morgan fingerprint density at radius 2 is 1.69 bits per heavy atom. The number of benzene rings is 2. The highest BCUT2D eigenvalue weighted by molar-refractivity contribution is 5.47. The monoisotopic (exact) mass is 349 g/mol. The molecule has 1 N–H and O–H groups in total. The van der Waals surface area contributed by atoms with Crippen LogP contribution in [-0.2, 0) is 5.54 Å². The van der Waals surface area contributed by atoms with E-state index < -0.39 is 0 Å². The minimum absolute atomic E-state index is 0.261. The molecular formula is C20H23N5O. The predicted octanol–water partition coefficient (Wildman–Crippen LogP) is 3.94. The Balaban J connectivity index is 1.73. The van der Waals surface area contributed by atoms with E-state index in [0.29, 0.717) is 0 Å². The highest BCUT2D eigenvalue weighted by Gasteiger charge is 2.39. The molecule has 6 nitrogen and oxygen atoms in total. The second kappa shape index (κ2) is 7.15. The second-order valence-corrected chi connectivity index (χ2v) is 6.75. The molecule has 0 unspecified atom stereocenters. The van der Waals surface area contributed by atoms with E-state index in [1.807, 2.05) is 47.1 Å². The van der Waals surface area contributed by atoms with Crippen LogP contribution >= 0.6 is 0 Å². The second-order valence-electron chi connectivity index (χ2n) is 6.75. The Kier molecular flexibility index (Phi) is 4.56. The SMILES string of the molecule is COc1ccc(-n2nnnc2C2(Nc3ccccc3)CCCCC2)cc1. The number of nitrogens with one attached hydrogen (secondary N) is 1. The van der Waals surface area contributed by atoms with E-state index >= 15 is 0 Å². The zero-order chi connectivity index (χ0) is 17.8. The van der Waals surface area contributed by atoms with E-state index in [1.54, 1.807) is 7.11 Å². The van der Waals surface area contributed by atoms with E-state index in [9.17, 15) is 0 Å². The van der Waals surface area contributed by atoms with E-state index in [4.69, 9.17) is 4.74 Å². The molecule has 26 heavy (non-hydrogen) atoms. The van der Waals surface area contributed by atoms with Crippen molar-refractivity contribution in [2.45, 2.75) is 37.6 Å². The first-order chi connectivity index (χ1) is 12.8. The van der Waals surface area contributed by atoms with Crippen molar-refractivity contribution in [3.63, 3.8) is 0 Å². The largest absolute Gasteiger partial charge is 0.497 e. The molecule has 0 amide bonds. The third kappa shape index (κ3) is 3.14. The molecule has 2 aromatic carbocycles. The summed E-state index contributed by atoms with van der Waals surface area (Å²) in [5.74, 6) is 1.68. The molecule has 0 radical (unpaired) electrons. The minimum Gasteiger partial charge on any atom is -0.497 e. The number of methoxy groups -OCH3 is 1. The van der Waals surface area contributed by atoms with Crippen molar-refractivity contribution in [1.29, 1.82) is 0 Å². The molecule has 134 valence electrons. The number of anilines is 1. The summed E-state index contributed by atoms with van der Waals surface area (Å²) in [6.45, 7) is 0. The molecule has 1 heterocycles. The first-order valence-corrected chi connectivity index (χ1v) is 9.07. The van der Waals surface area contributed by atoms with Gasteiger partial charge in [0.15, 0.2) is 5.82 Å². The lowest BCUT2D eigenvalue weighted by atomic mass is 9.80. The van der Waals surface area contributed by atoms with Crippen LogP contribution in [0.4, 0.5) is 5.69 Å². The molecule has 1 saturated carbocycles. The van der Waals surface area contributed by atoms with Crippen molar-refractivity contribution < 1.29 is 4.74 Å². The molecule has 0 saturated heterocycles. The van der Waals surface area contributed by atoms with Crippen molar-refractivity contribution in [2.24, 2.45) is 0 Å². The first-order valence-electron chi connectivity index (χ1n) is 9.07. The van der Waals surface area contributed by atoms with Crippen LogP contribution in [0.2, 0.25) is 0 Å². The van der Waals surface area contributed by atoms with E-state index in [0.717, 1.165) is 48.6 Å². The molecular weight excluding hydrogens is 326 g/mol. The van der Waals surface area contributed by atoms with Crippen molar-refractivity contribution in [1.82, 2.24) is 20.2 Å². The van der Waals surface area contributed by atoms with Gasteiger partial charge >= 0.3 is 0 Å². The van der Waals surface area contributed by atoms with Crippen molar-refractivity contribution in [2.75, 3.05) is 12.4 Å². The summed E-state index contributed by atoms with van der Waals surface area (Å²) in [6, 6.07) is 18.1. The van der Waals surface area contributed by atoms with E-state index in [2.05, 4.69) is 33.0 Å². The summed E-state index contributed by atoms with van der Waals surface area (Å²) in [6.07, 6.45) is 5.60. The van der Waals surface area contributed by atoms with Gasteiger partial charge in [-0.2, -0.15) is 4.68 Å². The standard InChI is InChI=1S/C20H23N5O/c1-26-18-12-10-17(11-13-18)25-19(22-23-24-25)20(14-6-3-7-15-20)21-16-8-4-2-5-9-16/h2,4-5,8-13,21H,3,6-7,14-15H2,1H3. The molecule has 0 atom stereocenters. The Morgan fingerprint density at radius 1 is 0.962 bits per heavy atom. The van der Waals surface area contributed by atoms with Crippen molar-refractivity contribution >= 4 is 5.69 Å². The smallest absolute Gasteiger partial charge is 0.181 e. The number of ether oxygens (including phenoxy) is 1. The van der Waals surface area contributed by atoms with Crippen LogP contribution < -0.4 is 10.1 Å². The molecule has 0 bridgehead atoms. The first kappa shape index (κ1) is 16.6. The van der Waals surface area contributed by atoms with Crippen LogP contribution in [-0.4, -0.2) is 27.3 Å². The van der Waals surface area contributed by atoms with Crippen LogP contribution in [0.25, 0.3) is 5.69 Å². The summed E-state index contributed by atoms with van der Waals surface area (Å²) >= 11 is 0. The molecule has 1 aromatic heterocycles. The van der Waals surface area contributed by atoms with Gasteiger partial charge in [-0.15, -0.1) is 5.10 Å². The molecule has 4 rings (SSSR count). The lowest BCUT2D eigenvalue weighted by Crippen LogP contribution is -2.40. The average molecular weight is 349 g/mol. The third-order valence-corrected chi connectivity index (χ3v) is 5.08. The number of hydrogen-bond donors (Lipinski definition) is 1. The maximum Gasteiger partial charge on any atom is 0.181 e. The summed E-state index contributed by atoms with van der Waals surface area (Å²) in [5.41, 5.74) is 1.77. The molecule has 6 heteroatoms. The molecule has 0 spiro atoms. The predicted molar refractivity (Wildman–Crippen MR) is 101 cm³/mol. The van der Waals surface area contributed by atoms with E-state index in [-0.39, 0.29) is 5.54 Å². The highest BCUT2D eigenvalue weighted by atomic mass is 16.5. The van der Waals surface area contributed by atoms with Gasteiger partial charge in [-0.3, -0.25) is 0 Å². The highest BCUT2D eigenvalue weighted by Crippen LogP contribution is 2.39. The molecule has 1 aliphatic rings. The van der Waals surface area contributed by atoms with Crippen LogP contribution in [0.5, 0.6) is 5.75 Å². The fourth-order valence-corrected chi connectivity index (χ4v) is 3.74.